The number of carbonyl (C=O) groups excluding carboxylic acids is 1. The van der Waals surface area contributed by atoms with Gasteiger partial charge in [0.1, 0.15) is 12.1 Å². The molecule has 0 aromatic carbocycles. The first-order valence-electron chi connectivity index (χ1n) is 4.05. The first-order chi connectivity index (χ1) is 6.31. The predicted molar refractivity (Wildman–Crippen MR) is 47.5 cm³/mol. The SMILES string of the molecule is Cc1nnc2cc(CC=O)ccn12. The second-order valence-electron chi connectivity index (χ2n) is 2.88. The van der Waals surface area contributed by atoms with Crippen LogP contribution < -0.4 is 0 Å². The highest BCUT2D eigenvalue weighted by Gasteiger charge is 2.00. The van der Waals surface area contributed by atoms with E-state index in [2.05, 4.69) is 10.2 Å². The summed E-state index contributed by atoms with van der Waals surface area (Å²) in [4.78, 5) is 10.3. The Morgan fingerprint density at radius 3 is 3.15 bits per heavy atom. The molecule has 0 radical (unpaired) electrons. The van der Waals surface area contributed by atoms with Gasteiger partial charge in [0, 0.05) is 12.6 Å². The van der Waals surface area contributed by atoms with Gasteiger partial charge in [-0.25, -0.2) is 0 Å². The predicted octanol–water partition coefficient (Wildman–Crippen LogP) is 0.779. The molecule has 0 spiro atoms. The van der Waals surface area contributed by atoms with E-state index in [0.29, 0.717) is 6.42 Å². The van der Waals surface area contributed by atoms with Crippen LogP contribution in [-0.2, 0) is 11.2 Å². The van der Waals surface area contributed by atoms with Crippen LogP contribution >= 0.6 is 0 Å². The molecule has 4 nitrogen and oxygen atoms in total. The van der Waals surface area contributed by atoms with Gasteiger partial charge in [-0.1, -0.05) is 0 Å². The molecule has 0 saturated heterocycles. The monoisotopic (exact) mass is 175 g/mol. The van der Waals surface area contributed by atoms with Gasteiger partial charge in [0.15, 0.2) is 5.65 Å². The quantitative estimate of drug-likeness (QED) is 0.633. The van der Waals surface area contributed by atoms with Gasteiger partial charge in [-0.15, -0.1) is 10.2 Å². The molecule has 2 aromatic rings. The van der Waals surface area contributed by atoms with Gasteiger partial charge >= 0.3 is 0 Å². The van der Waals surface area contributed by atoms with E-state index in [4.69, 9.17) is 0 Å². The zero-order valence-electron chi connectivity index (χ0n) is 7.27. The molecule has 0 atom stereocenters. The first-order valence-corrected chi connectivity index (χ1v) is 4.05. The van der Waals surface area contributed by atoms with E-state index >= 15 is 0 Å². The molecular formula is C9H9N3O. The average molecular weight is 175 g/mol. The molecule has 0 amide bonds. The molecule has 2 heterocycles. The van der Waals surface area contributed by atoms with Crippen molar-refractivity contribution < 1.29 is 4.79 Å². The summed E-state index contributed by atoms with van der Waals surface area (Å²) in [5.74, 6) is 0.854. The second-order valence-corrected chi connectivity index (χ2v) is 2.88. The normalized spacial score (nSPS) is 10.5. The van der Waals surface area contributed by atoms with E-state index in [9.17, 15) is 4.79 Å². The van der Waals surface area contributed by atoms with Crippen LogP contribution in [0.4, 0.5) is 0 Å². The van der Waals surface area contributed by atoms with Crippen LogP contribution in [0.1, 0.15) is 11.4 Å². The Bertz CT molecular complexity index is 447. The molecule has 0 aliphatic rings. The topological polar surface area (TPSA) is 47.3 Å². The summed E-state index contributed by atoms with van der Waals surface area (Å²) < 4.78 is 1.88. The Kier molecular flexibility index (Phi) is 1.81. The minimum Gasteiger partial charge on any atom is -0.303 e. The van der Waals surface area contributed by atoms with Crippen molar-refractivity contribution in [3.63, 3.8) is 0 Å². The number of carbonyl (C=O) groups is 1. The number of aromatic nitrogens is 3. The lowest BCUT2D eigenvalue weighted by atomic mass is 10.2. The van der Waals surface area contributed by atoms with Crippen molar-refractivity contribution in [3.05, 3.63) is 29.7 Å². The number of nitrogens with zero attached hydrogens (tertiary/aromatic N) is 3. The lowest BCUT2D eigenvalue weighted by Gasteiger charge is -1.96. The smallest absolute Gasteiger partial charge is 0.161 e. The van der Waals surface area contributed by atoms with Crippen LogP contribution in [0.5, 0.6) is 0 Å². The maximum Gasteiger partial charge on any atom is 0.161 e. The Balaban J connectivity index is 2.56. The lowest BCUT2D eigenvalue weighted by Crippen LogP contribution is -1.91. The molecule has 0 fully saturated rings. The number of pyridine rings is 1. The van der Waals surface area contributed by atoms with E-state index in [-0.39, 0.29) is 0 Å². The highest BCUT2D eigenvalue weighted by Crippen LogP contribution is 2.06. The van der Waals surface area contributed by atoms with Crippen LogP contribution in [0.15, 0.2) is 18.3 Å². The lowest BCUT2D eigenvalue weighted by molar-refractivity contribution is -0.107. The maximum atomic E-state index is 10.3. The van der Waals surface area contributed by atoms with Crippen LogP contribution in [-0.4, -0.2) is 20.9 Å². The fourth-order valence-electron chi connectivity index (χ4n) is 1.28. The van der Waals surface area contributed by atoms with E-state index in [1.54, 1.807) is 0 Å². The highest BCUT2D eigenvalue weighted by atomic mass is 16.1. The van der Waals surface area contributed by atoms with Crippen molar-refractivity contribution in [2.24, 2.45) is 0 Å². The number of fused-ring (bicyclic) bond motifs is 1. The molecule has 4 heteroatoms. The third-order valence-corrected chi connectivity index (χ3v) is 1.96. The summed E-state index contributed by atoms with van der Waals surface area (Å²) in [7, 11) is 0. The second kappa shape index (κ2) is 2.97. The molecule has 0 bridgehead atoms. The van der Waals surface area contributed by atoms with Gasteiger partial charge in [0.2, 0.25) is 0 Å². The standard InChI is InChI=1S/C9H9N3O/c1-7-10-11-9-6-8(3-5-13)2-4-12(7)9/h2,4-6H,3H2,1H3. The number of rotatable bonds is 2. The summed E-state index contributed by atoms with van der Waals surface area (Å²) in [6, 6.07) is 3.77. The Labute approximate surface area is 75.2 Å². The molecule has 0 N–H and O–H groups in total. The molecular weight excluding hydrogens is 166 g/mol. The van der Waals surface area contributed by atoms with Crippen molar-refractivity contribution in [1.82, 2.24) is 14.6 Å². The Morgan fingerprint density at radius 1 is 1.54 bits per heavy atom. The van der Waals surface area contributed by atoms with E-state index in [1.807, 2.05) is 29.7 Å². The fourth-order valence-corrected chi connectivity index (χ4v) is 1.28. The van der Waals surface area contributed by atoms with E-state index in [0.717, 1.165) is 23.3 Å². The Hall–Kier alpha value is -1.71. The van der Waals surface area contributed by atoms with E-state index < -0.39 is 0 Å². The average Bonchev–Trinajstić information content (AvgIpc) is 2.48. The van der Waals surface area contributed by atoms with Crippen molar-refractivity contribution >= 4 is 11.9 Å². The molecule has 66 valence electrons. The molecule has 2 rings (SSSR count). The Morgan fingerprint density at radius 2 is 2.38 bits per heavy atom. The molecule has 0 unspecified atom stereocenters. The minimum atomic E-state index is 0.433. The summed E-state index contributed by atoms with van der Waals surface area (Å²) in [5, 5.41) is 7.88. The highest BCUT2D eigenvalue weighted by molar-refractivity contribution is 5.56. The number of hydrogen-bond acceptors (Lipinski definition) is 3. The van der Waals surface area contributed by atoms with Gasteiger partial charge in [0.05, 0.1) is 0 Å². The van der Waals surface area contributed by atoms with Crippen LogP contribution in [0.2, 0.25) is 0 Å². The largest absolute Gasteiger partial charge is 0.303 e. The van der Waals surface area contributed by atoms with Crippen molar-refractivity contribution in [1.29, 1.82) is 0 Å². The van der Waals surface area contributed by atoms with Crippen molar-refractivity contribution in [2.45, 2.75) is 13.3 Å². The summed E-state index contributed by atoms with van der Waals surface area (Å²) in [6.45, 7) is 1.89. The molecule has 0 saturated carbocycles. The summed E-state index contributed by atoms with van der Waals surface area (Å²) in [6.07, 6.45) is 3.20. The minimum absolute atomic E-state index is 0.433. The number of aryl methyl sites for hydroxylation is 1. The van der Waals surface area contributed by atoms with Gasteiger partial charge < -0.3 is 4.79 Å². The summed E-state index contributed by atoms with van der Waals surface area (Å²) in [5.41, 5.74) is 1.76. The number of hydrogen-bond donors (Lipinski definition) is 0. The van der Waals surface area contributed by atoms with Gasteiger partial charge in [-0.05, 0) is 24.6 Å². The van der Waals surface area contributed by atoms with E-state index in [1.165, 1.54) is 0 Å². The molecule has 0 aliphatic carbocycles. The van der Waals surface area contributed by atoms with Crippen molar-refractivity contribution in [3.8, 4) is 0 Å². The number of aldehydes is 1. The third-order valence-electron chi connectivity index (χ3n) is 1.96. The third kappa shape index (κ3) is 1.30. The summed E-state index contributed by atoms with van der Waals surface area (Å²) >= 11 is 0. The van der Waals surface area contributed by atoms with Crippen LogP contribution in [0, 0.1) is 6.92 Å². The zero-order valence-corrected chi connectivity index (χ0v) is 7.27. The van der Waals surface area contributed by atoms with Gasteiger partial charge in [-0.2, -0.15) is 0 Å². The zero-order chi connectivity index (χ0) is 9.26. The first kappa shape index (κ1) is 7.91. The molecule has 13 heavy (non-hydrogen) atoms. The maximum absolute atomic E-state index is 10.3. The van der Waals surface area contributed by atoms with Crippen LogP contribution in [0.25, 0.3) is 5.65 Å². The molecule has 2 aromatic heterocycles. The van der Waals surface area contributed by atoms with Crippen LogP contribution in [0.3, 0.4) is 0 Å². The molecule has 0 aliphatic heterocycles. The van der Waals surface area contributed by atoms with Crippen molar-refractivity contribution in [2.75, 3.05) is 0 Å². The van der Waals surface area contributed by atoms with Gasteiger partial charge in [-0.3, -0.25) is 4.40 Å². The van der Waals surface area contributed by atoms with Gasteiger partial charge in [0.25, 0.3) is 0 Å². The fraction of sp³-hybridized carbons (Fsp3) is 0.222.